The first kappa shape index (κ1) is 20.0. The van der Waals surface area contributed by atoms with Crippen molar-refractivity contribution < 1.29 is 18.3 Å². The average Bonchev–Trinajstić information content (AvgIpc) is 2.69. The lowest BCUT2D eigenvalue weighted by Crippen LogP contribution is -2.24. The third kappa shape index (κ3) is 3.90. The van der Waals surface area contributed by atoms with E-state index in [0.717, 1.165) is 23.1 Å². The summed E-state index contributed by atoms with van der Waals surface area (Å²) >= 11 is 1.04. The second-order valence-corrected chi connectivity index (χ2v) is 8.86. The van der Waals surface area contributed by atoms with Crippen molar-refractivity contribution in [1.82, 2.24) is 0 Å². The first-order valence-corrected chi connectivity index (χ1v) is 11.1. The summed E-state index contributed by atoms with van der Waals surface area (Å²) in [5.74, 6) is -1.16. The van der Waals surface area contributed by atoms with Gasteiger partial charge in [-0.1, -0.05) is 48.5 Å². The van der Waals surface area contributed by atoms with E-state index in [1.54, 1.807) is 25.3 Å². The predicted molar refractivity (Wildman–Crippen MR) is 113 cm³/mol. The van der Waals surface area contributed by atoms with Gasteiger partial charge in [-0.05, 0) is 59.8 Å². The van der Waals surface area contributed by atoms with Crippen LogP contribution in [0.2, 0.25) is 0 Å². The van der Waals surface area contributed by atoms with Gasteiger partial charge in [0.25, 0.3) is 10.0 Å². The van der Waals surface area contributed by atoms with E-state index < -0.39 is 16.0 Å². The molecule has 0 aromatic heterocycles. The van der Waals surface area contributed by atoms with Gasteiger partial charge in [0.05, 0.1) is 16.1 Å². The van der Waals surface area contributed by atoms with Crippen LogP contribution in [0.25, 0.3) is 11.1 Å². The molecular weight excluding hydrogens is 394 g/mol. The largest absolute Gasteiger partial charge is 0.478 e. The van der Waals surface area contributed by atoms with Crippen LogP contribution in [0.4, 0.5) is 5.69 Å². The summed E-state index contributed by atoms with van der Waals surface area (Å²) in [5.41, 5.74) is 2.99. The zero-order chi connectivity index (χ0) is 20.3. The minimum absolute atomic E-state index is 0.0263. The molecule has 0 bridgehead atoms. The molecule has 0 unspecified atom stereocenters. The Bertz CT molecular complexity index is 1100. The molecule has 0 aliphatic carbocycles. The maximum atomic E-state index is 13.1. The zero-order valence-electron chi connectivity index (χ0n) is 15.4. The van der Waals surface area contributed by atoms with Crippen molar-refractivity contribution in [1.29, 1.82) is 0 Å². The number of hydrogen-bond acceptors (Lipinski definition) is 4. The highest BCUT2D eigenvalue weighted by Crippen LogP contribution is 2.32. The first-order chi connectivity index (χ1) is 13.3. The summed E-state index contributed by atoms with van der Waals surface area (Å²) in [4.78, 5) is 11.3. The maximum Gasteiger partial charge on any atom is 0.335 e. The van der Waals surface area contributed by atoms with Crippen LogP contribution in [0.15, 0.2) is 77.7 Å². The fraction of sp³-hybridized carbons (Fsp3) is 0.0952. The van der Waals surface area contributed by atoms with Gasteiger partial charge in [0.1, 0.15) is 0 Å². The summed E-state index contributed by atoms with van der Waals surface area (Å²) < 4.78 is 27.4. The molecule has 3 rings (SSSR count). The monoisotopic (exact) mass is 413 g/mol. The van der Waals surface area contributed by atoms with Gasteiger partial charge >= 0.3 is 5.97 Å². The van der Waals surface area contributed by atoms with Crippen molar-refractivity contribution in [3.05, 3.63) is 83.9 Å². The SMILES string of the molecule is CSN(c1ccc(-c2ccccc2)cc1)S(=O)(=O)c1ccc(C)c(C(=O)O)c1. The molecule has 7 heteroatoms. The lowest BCUT2D eigenvalue weighted by Gasteiger charge is -2.22. The van der Waals surface area contributed by atoms with Crippen molar-refractivity contribution >= 4 is 33.6 Å². The third-order valence-electron chi connectivity index (χ3n) is 4.31. The standard InChI is InChI=1S/C21H19NO4S2/c1-15-8-13-19(14-20(15)21(23)24)28(25,26)22(27-2)18-11-9-17(10-12-18)16-6-4-3-5-7-16/h3-14H,1-2H3,(H,23,24). The van der Waals surface area contributed by atoms with Crippen LogP contribution < -0.4 is 3.71 Å². The predicted octanol–water partition coefficient (Wildman–Crippen LogP) is 4.83. The van der Waals surface area contributed by atoms with Crippen LogP contribution in [-0.4, -0.2) is 25.7 Å². The van der Waals surface area contributed by atoms with Crippen LogP contribution in [-0.2, 0) is 10.0 Å². The molecule has 0 spiro atoms. The number of aromatic carboxylic acids is 1. The lowest BCUT2D eigenvalue weighted by atomic mass is 10.1. The minimum atomic E-state index is -3.92. The van der Waals surface area contributed by atoms with Crippen LogP contribution in [0.3, 0.4) is 0 Å². The molecule has 0 amide bonds. The summed E-state index contributed by atoms with van der Waals surface area (Å²) in [6, 6.07) is 21.1. The number of aryl methyl sites for hydroxylation is 1. The van der Waals surface area contributed by atoms with Gasteiger partial charge in [0, 0.05) is 6.26 Å². The molecule has 0 aliphatic heterocycles. The van der Waals surface area contributed by atoms with Gasteiger partial charge in [0.2, 0.25) is 0 Å². The molecule has 144 valence electrons. The van der Waals surface area contributed by atoms with Crippen LogP contribution >= 0.6 is 11.9 Å². The van der Waals surface area contributed by atoms with E-state index in [1.807, 2.05) is 42.5 Å². The van der Waals surface area contributed by atoms with E-state index in [0.29, 0.717) is 11.3 Å². The zero-order valence-corrected chi connectivity index (χ0v) is 17.0. The molecule has 5 nitrogen and oxygen atoms in total. The molecule has 0 saturated carbocycles. The summed E-state index contributed by atoms with van der Waals surface area (Å²) in [7, 11) is -3.92. The molecule has 1 N–H and O–H groups in total. The second-order valence-electron chi connectivity index (χ2n) is 6.11. The van der Waals surface area contributed by atoms with Crippen LogP contribution in [0, 0.1) is 6.92 Å². The molecule has 3 aromatic rings. The fourth-order valence-corrected chi connectivity index (χ4v) is 5.31. The Kier molecular flexibility index (Phi) is 5.76. The molecule has 0 atom stereocenters. The minimum Gasteiger partial charge on any atom is -0.478 e. The quantitative estimate of drug-likeness (QED) is 0.586. The second kappa shape index (κ2) is 8.08. The van der Waals surface area contributed by atoms with E-state index in [4.69, 9.17) is 0 Å². The number of rotatable bonds is 6. The maximum absolute atomic E-state index is 13.1. The van der Waals surface area contributed by atoms with Crippen molar-refractivity contribution in [2.45, 2.75) is 11.8 Å². The van der Waals surface area contributed by atoms with Crippen LogP contribution in [0.5, 0.6) is 0 Å². The number of carboxylic acid groups (broad SMARTS) is 1. The molecular formula is C21H19NO4S2. The average molecular weight is 414 g/mol. The van der Waals surface area contributed by atoms with Gasteiger partial charge in [-0.2, -0.15) is 0 Å². The number of sulfonamides is 1. The van der Waals surface area contributed by atoms with Crippen molar-refractivity contribution in [2.24, 2.45) is 0 Å². The first-order valence-electron chi connectivity index (χ1n) is 8.43. The topological polar surface area (TPSA) is 74.7 Å². The summed E-state index contributed by atoms with van der Waals surface area (Å²) in [6.07, 6.45) is 1.66. The van der Waals surface area contributed by atoms with Gasteiger partial charge in [-0.3, -0.25) is 0 Å². The molecule has 3 aromatic carbocycles. The highest BCUT2D eigenvalue weighted by atomic mass is 32.3. The summed E-state index contributed by atoms with van der Waals surface area (Å²) in [5, 5.41) is 9.29. The molecule has 0 fully saturated rings. The Morgan fingerprint density at radius 3 is 2.11 bits per heavy atom. The third-order valence-corrected chi connectivity index (χ3v) is 7.38. The Morgan fingerprint density at radius 2 is 1.54 bits per heavy atom. The van der Waals surface area contributed by atoms with Gasteiger partial charge < -0.3 is 5.11 Å². The number of nitrogens with zero attached hydrogens (tertiary/aromatic N) is 1. The smallest absolute Gasteiger partial charge is 0.335 e. The molecule has 0 radical (unpaired) electrons. The summed E-state index contributed by atoms with van der Waals surface area (Å²) in [6.45, 7) is 1.63. The van der Waals surface area contributed by atoms with Crippen molar-refractivity contribution in [3.8, 4) is 11.1 Å². The van der Waals surface area contributed by atoms with Gasteiger partial charge in [-0.25, -0.2) is 16.9 Å². The number of hydrogen-bond donors (Lipinski definition) is 1. The van der Waals surface area contributed by atoms with Crippen LogP contribution in [0.1, 0.15) is 15.9 Å². The Labute approximate surface area is 168 Å². The Hall–Kier alpha value is -2.77. The van der Waals surface area contributed by atoms with E-state index >= 15 is 0 Å². The van der Waals surface area contributed by atoms with Gasteiger partial charge in [0.15, 0.2) is 0 Å². The lowest BCUT2D eigenvalue weighted by molar-refractivity contribution is 0.0696. The molecule has 0 aliphatic rings. The highest BCUT2D eigenvalue weighted by molar-refractivity contribution is 8.14. The number of benzene rings is 3. The van der Waals surface area contributed by atoms with Crippen molar-refractivity contribution in [3.63, 3.8) is 0 Å². The Morgan fingerprint density at radius 1 is 0.929 bits per heavy atom. The number of carboxylic acids is 1. The van der Waals surface area contributed by atoms with E-state index in [9.17, 15) is 18.3 Å². The van der Waals surface area contributed by atoms with E-state index in [2.05, 4.69) is 0 Å². The fourth-order valence-electron chi connectivity index (χ4n) is 2.84. The molecule has 0 saturated heterocycles. The molecule has 28 heavy (non-hydrogen) atoms. The van der Waals surface area contributed by atoms with Crippen molar-refractivity contribution in [2.75, 3.05) is 9.97 Å². The molecule has 0 heterocycles. The van der Waals surface area contributed by atoms with E-state index in [1.165, 1.54) is 21.9 Å². The normalized spacial score (nSPS) is 11.2. The Balaban J connectivity index is 1.98. The van der Waals surface area contributed by atoms with Gasteiger partial charge in [-0.15, -0.1) is 0 Å². The highest BCUT2D eigenvalue weighted by Gasteiger charge is 2.26. The van der Waals surface area contributed by atoms with E-state index in [-0.39, 0.29) is 10.5 Å². The number of anilines is 1. The number of carbonyl (C=O) groups is 1.